The lowest BCUT2D eigenvalue weighted by molar-refractivity contribution is -0.385. The van der Waals surface area contributed by atoms with Crippen LogP contribution in [0.5, 0.6) is 0 Å². The van der Waals surface area contributed by atoms with Gasteiger partial charge < -0.3 is 5.11 Å². The average Bonchev–Trinajstić information content (AvgIpc) is 2.28. The smallest absolute Gasteiger partial charge is 0.306 e. The van der Waals surface area contributed by atoms with E-state index in [1.54, 1.807) is 0 Å². The van der Waals surface area contributed by atoms with Gasteiger partial charge in [-0.05, 0) is 25.0 Å². The second-order valence-electron chi connectivity index (χ2n) is 4.06. The third-order valence-corrected chi connectivity index (χ3v) is 2.69. The predicted molar refractivity (Wildman–Crippen MR) is 62.8 cm³/mol. The Kier molecular flexibility index (Phi) is 4.76. The first-order valence-corrected chi connectivity index (χ1v) is 5.61. The first kappa shape index (κ1) is 14.1. The zero-order valence-electron chi connectivity index (χ0n) is 9.93. The van der Waals surface area contributed by atoms with Crippen molar-refractivity contribution in [2.24, 2.45) is 5.92 Å². The van der Waals surface area contributed by atoms with E-state index in [-0.39, 0.29) is 17.7 Å². The number of nitrogens with zero attached hydrogens (tertiary/aromatic N) is 1. The summed E-state index contributed by atoms with van der Waals surface area (Å²) < 4.78 is 13.1. The molecule has 0 aliphatic rings. The van der Waals surface area contributed by atoms with E-state index in [0.29, 0.717) is 12.8 Å². The van der Waals surface area contributed by atoms with Gasteiger partial charge in [0.1, 0.15) is 5.82 Å². The van der Waals surface area contributed by atoms with E-state index >= 15 is 0 Å². The fourth-order valence-corrected chi connectivity index (χ4v) is 1.82. The number of hydrogen-bond donors (Lipinski definition) is 1. The fraction of sp³-hybridized carbons (Fsp3) is 0.417. The second kappa shape index (κ2) is 6.09. The maximum atomic E-state index is 13.1. The third-order valence-electron chi connectivity index (χ3n) is 2.69. The van der Waals surface area contributed by atoms with Crippen molar-refractivity contribution in [1.82, 2.24) is 0 Å². The van der Waals surface area contributed by atoms with E-state index in [0.717, 1.165) is 18.2 Å². The lowest BCUT2D eigenvalue weighted by atomic mass is 9.94. The van der Waals surface area contributed by atoms with E-state index in [1.807, 2.05) is 6.92 Å². The molecule has 0 bridgehead atoms. The Bertz CT molecular complexity index is 461. The predicted octanol–water partition coefficient (Wildman–Crippen LogP) is 2.78. The van der Waals surface area contributed by atoms with Crippen molar-refractivity contribution < 1.29 is 19.2 Å². The highest BCUT2D eigenvalue weighted by Gasteiger charge is 2.22. The second-order valence-corrected chi connectivity index (χ2v) is 4.06. The molecule has 1 atom stereocenters. The maximum absolute atomic E-state index is 13.1. The van der Waals surface area contributed by atoms with E-state index < -0.39 is 22.6 Å². The van der Waals surface area contributed by atoms with Crippen molar-refractivity contribution in [3.05, 3.63) is 39.7 Å². The van der Waals surface area contributed by atoms with Crippen LogP contribution in [0.3, 0.4) is 0 Å². The number of nitro benzene ring substituents is 1. The molecule has 1 aromatic carbocycles. The van der Waals surface area contributed by atoms with Gasteiger partial charge >= 0.3 is 5.97 Å². The van der Waals surface area contributed by atoms with Crippen molar-refractivity contribution in [2.75, 3.05) is 0 Å². The molecule has 0 aromatic heterocycles. The van der Waals surface area contributed by atoms with Gasteiger partial charge in [-0.3, -0.25) is 14.9 Å². The van der Waals surface area contributed by atoms with Gasteiger partial charge in [0.05, 0.1) is 10.8 Å². The van der Waals surface area contributed by atoms with Crippen LogP contribution < -0.4 is 0 Å². The van der Waals surface area contributed by atoms with Crippen LogP contribution in [0.1, 0.15) is 25.3 Å². The summed E-state index contributed by atoms with van der Waals surface area (Å²) in [5, 5.41) is 19.8. The average molecular weight is 255 g/mol. The lowest BCUT2D eigenvalue weighted by Crippen LogP contribution is -2.17. The number of nitro groups is 1. The van der Waals surface area contributed by atoms with Gasteiger partial charge in [-0.1, -0.05) is 13.3 Å². The van der Waals surface area contributed by atoms with Gasteiger partial charge in [0.15, 0.2) is 0 Å². The highest BCUT2D eigenvalue weighted by molar-refractivity contribution is 5.70. The van der Waals surface area contributed by atoms with Crippen LogP contribution in [0.2, 0.25) is 0 Å². The summed E-state index contributed by atoms with van der Waals surface area (Å²) in [6.45, 7) is 1.83. The monoisotopic (exact) mass is 255 g/mol. The number of benzene rings is 1. The van der Waals surface area contributed by atoms with Gasteiger partial charge in [-0.2, -0.15) is 0 Å². The lowest BCUT2D eigenvalue weighted by Gasteiger charge is -2.11. The molecule has 0 fully saturated rings. The van der Waals surface area contributed by atoms with Crippen LogP contribution in [-0.2, 0) is 11.2 Å². The van der Waals surface area contributed by atoms with Gasteiger partial charge in [0, 0.05) is 11.6 Å². The van der Waals surface area contributed by atoms with Crippen molar-refractivity contribution in [3.63, 3.8) is 0 Å². The molecular formula is C12H14FNO4. The minimum atomic E-state index is -1.02. The summed E-state index contributed by atoms with van der Waals surface area (Å²) in [7, 11) is 0. The molecule has 5 nitrogen and oxygen atoms in total. The summed E-state index contributed by atoms with van der Waals surface area (Å²) in [6, 6.07) is 3.09. The van der Waals surface area contributed by atoms with E-state index in [2.05, 4.69) is 0 Å². The summed E-state index contributed by atoms with van der Waals surface area (Å²) >= 11 is 0. The van der Waals surface area contributed by atoms with Crippen LogP contribution in [0, 0.1) is 21.8 Å². The number of rotatable bonds is 6. The zero-order chi connectivity index (χ0) is 13.7. The molecule has 0 radical (unpaired) electrons. The first-order chi connectivity index (χ1) is 8.45. The first-order valence-electron chi connectivity index (χ1n) is 5.61. The molecule has 0 saturated heterocycles. The highest BCUT2D eigenvalue weighted by Crippen LogP contribution is 2.24. The Hall–Kier alpha value is -1.98. The molecule has 98 valence electrons. The Morgan fingerprint density at radius 1 is 1.56 bits per heavy atom. The normalized spacial score (nSPS) is 12.1. The van der Waals surface area contributed by atoms with Crippen LogP contribution >= 0.6 is 0 Å². The number of halogens is 1. The summed E-state index contributed by atoms with van der Waals surface area (Å²) in [5.41, 5.74) is -0.111. The molecule has 0 saturated carbocycles. The van der Waals surface area contributed by atoms with Gasteiger partial charge in [0.2, 0.25) is 0 Å². The third kappa shape index (κ3) is 3.51. The zero-order valence-corrected chi connectivity index (χ0v) is 9.93. The topological polar surface area (TPSA) is 80.4 Å². The highest BCUT2D eigenvalue weighted by atomic mass is 19.1. The number of carboxylic acids is 1. The Morgan fingerprint density at radius 3 is 2.72 bits per heavy atom. The standard InChI is InChI=1S/C12H14FNO4/c1-2-3-8(12(15)16)6-9-7-10(13)4-5-11(9)14(17)18/h4-5,7-8H,2-3,6H2,1H3,(H,15,16). The Labute approximate surface area is 103 Å². The SMILES string of the molecule is CCCC(Cc1cc(F)ccc1[N+](=O)[O-])C(=O)O. The van der Waals surface area contributed by atoms with Crippen LogP contribution in [0.25, 0.3) is 0 Å². The van der Waals surface area contributed by atoms with Gasteiger partial charge in [-0.15, -0.1) is 0 Å². The van der Waals surface area contributed by atoms with Crippen molar-refractivity contribution in [3.8, 4) is 0 Å². The van der Waals surface area contributed by atoms with Crippen LogP contribution in [0.4, 0.5) is 10.1 Å². The minimum Gasteiger partial charge on any atom is -0.481 e. The molecule has 0 amide bonds. The molecule has 1 N–H and O–H groups in total. The molecule has 0 heterocycles. The fourth-order valence-electron chi connectivity index (χ4n) is 1.82. The maximum Gasteiger partial charge on any atom is 0.306 e. The number of aliphatic carboxylic acids is 1. The van der Waals surface area contributed by atoms with Gasteiger partial charge in [0.25, 0.3) is 5.69 Å². The van der Waals surface area contributed by atoms with E-state index in [1.165, 1.54) is 0 Å². The van der Waals surface area contributed by atoms with E-state index in [9.17, 15) is 19.3 Å². The Balaban J connectivity index is 3.03. The summed E-state index contributed by atoms with van der Waals surface area (Å²) in [4.78, 5) is 21.1. The van der Waals surface area contributed by atoms with Crippen molar-refractivity contribution in [1.29, 1.82) is 0 Å². The number of hydrogen-bond acceptors (Lipinski definition) is 3. The minimum absolute atomic E-state index is 0.0305. The largest absolute Gasteiger partial charge is 0.481 e. The molecule has 1 aromatic rings. The number of carboxylic acid groups (broad SMARTS) is 1. The van der Waals surface area contributed by atoms with Crippen molar-refractivity contribution >= 4 is 11.7 Å². The quantitative estimate of drug-likeness (QED) is 0.626. The molecule has 0 aliphatic carbocycles. The summed E-state index contributed by atoms with van der Waals surface area (Å²) in [5.74, 6) is -2.35. The Morgan fingerprint density at radius 2 is 2.22 bits per heavy atom. The van der Waals surface area contributed by atoms with Crippen LogP contribution in [0.15, 0.2) is 18.2 Å². The molecule has 0 aliphatic heterocycles. The molecule has 6 heteroatoms. The molecular weight excluding hydrogens is 241 g/mol. The molecule has 18 heavy (non-hydrogen) atoms. The van der Waals surface area contributed by atoms with Gasteiger partial charge in [-0.25, -0.2) is 4.39 Å². The number of carbonyl (C=O) groups is 1. The molecule has 1 rings (SSSR count). The molecule has 0 spiro atoms. The van der Waals surface area contributed by atoms with Crippen molar-refractivity contribution in [2.45, 2.75) is 26.2 Å². The molecule has 1 unspecified atom stereocenters. The summed E-state index contributed by atoms with van der Waals surface area (Å²) in [6.07, 6.45) is 1.03. The van der Waals surface area contributed by atoms with E-state index in [4.69, 9.17) is 5.11 Å². The van der Waals surface area contributed by atoms with Crippen LogP contribution in [-0.4, -0.2) is 16.0 Å².